The van der Waals surface area contributed by atoms with Crippen LogP contribution < -0.4 is 34.7 Å². The molecule has 0 amide bonds. The molecule has 0 aromatic rings. The van der Waals surface area contributed by atoms with E-state index in [2.05, 4.69) is 0 Å². The fourth-order valence-corrected chi connectivity index (χ4v) is 2.43. The van der Waals surface area contributed by atoms with Crippen LogP contribution in [-0.2, 0) is 38.0 Å². The van der Waals surface area contributed by atoms with E-state index in [9.17, 15) is 19.8 Å². The second kappa shape index (κ2) is 12.3. The van der Waals surface area contributed by atoms with Crippen LogP contribution in [0.1, 0.15) is 20.3 Å². The first-order valence-corrected chi connectivity index (χ1v) is 7.67. The number of rotatable bonds is 12. The second-order valence-corrected chi connectivity index (χ2v) is 5.94. The van der Waals surface area contributed by atoms with Gasteiger partial charge in [0.15, 0.2) is 11.6 Å². The molecule has 1 N–H and O–H groups in total. The summed E-state index contributed by atoms with van der Waals surface area (Å²) in [5, 5.41) is 20.8. The van der Waals surface area contributed by atoms with Crippen molar-refractivity contribution in [1.82, 2.24) is 0 Å². The Morgan fingerprint density at radius 3 is 2.27 bits per heavy atom. The van der Waals surface area contributed by atoms with E-state index < -0.39 is 48.4 Å². The number of methoxy groups -OCH3 is 2. The summed E-state index contributed by atoms with van der Waals surface area (Å²) in [6.45, 7) is 3.23. The van der Waals surface area contributed by atoms with E-state index in [0.29, 0.717) is 0 Å². The van der Waals surface area contributed by atoms with Crippen molar-refractivity contribution in [3.05, 3.63) is 0 Å². The summed E-state index contributed by atoms with van der Waals surface area (Å²) >= 11 is 0. The maximum atomic E-state index is 11.3. The number of carbonyl (C=O) groups excluding carboxylic acids is 2. The molecule has 1 rings (SSSR count). The smallest absolute Gasteiger partial charge is 0.542 e. The molecule has 0 bridgehead atoms. The molecule has 11 heteroatoms. The molecule has 0 aromatic carbocycles. The maximum absolute atomic E-state index is 11.3. The monoisotopic (exact) mass is 388 g/mol. The van der Waals surface area contributed by atoms with E-state index in [1.807, 2.05) is 0 Å². The van der Waals surface area contributed by atoms with Crippen molar-refractivity contribution in [3.8, 4) is 0 Å². The first-order chi connectivity index (χ1) is 11.7. The first kappa shape index (κ1) is 25.9. The van der Waals surface area contributed by atoms with Crippen molar-refractivity contribution in [3.63, 3.8) is 0 Å². The summed E-state index contributed by atoms with van der Waals surface area (Å²) in [6.07, 6.45) is -4.64. The Hall–Kier alpha value is -0.140. The van der Waals surface area contributed by atoms with Gasteiger partial charge in [-0.25, -0.2) is 0 Å². The molecule has 0 unspecified atom stereocenters. The summed E-state index contributed by atoms with van der Waals surface area (Å²) in [5.74, 6) is -4.18. The molecule has 0 spiro atoms. The third-order valence-corrected chi connectivity index (χ3v) is 3.41. The molecular weight excluding hydrogens is 363 g/mol. The average molecular weight is 388 g/mol. The number of ether oxygens (including phenoxy) is 6. The Kier molecular flexibility index (Phi) is 12.3. The second-order valence-electron chi connectivity index (χ2n) is 5.94. The minimum absolute atomic E-state index is 0. The Morgan fingerprint density at radius 1 is 1.15 bits per heavy atom. The van der Waals surface area contributed by atoms with Crippen LogP contribution in [-0.4, -0.2) is 81.5 Å². The number of aliphatic hydroxyl groups excluding tert-OH is 1. The van der Waals surface area contributed by atoms with Crippen LogP contribution >= 0.6 is 0 Å². The number of carboxylic acid groups (broad SMARTS) is 1. The van der Waals surface area contributed by atoms with Crippen molar-refractivity contribution < 1.29 is 77.8 Å². The molecule has 1 heterocycles. The molecule has 0 radical (unpaired) electrons. The molecule has 146 valence electrons. The molecule has 1 fully saturated rings. The Labute approximate surface area is 174 Å². The largest absolute Gasteiger partial charge is 1.00 e. The van der Waals surface area contributed by atoms with Crippen LogP contribution in [0.5, 0.6) is 0 Å². The van der Waals surface area contributed by atoms with Crippen LogP contribution in [0, 0.1) is 0 Å². The summed E-state index contributed by atoms with van der Waals surface area (Å²) in [4.78, 5) is 21.9. The van der Waals surface area contributed by atoms with E-state index in [0.717, 1.165) is 0 Å². The minimum Gasteiger partial charge on any atom is -0.542 e. The van der Waals surface area contributed by atoms with Gasteiger partial charge in [-0.2, -0.15) is 0 Å². The Bertz CT molecular complexity index is 444. The molecule has 0 saturated carbocycles. The molecule has 1 saturated heterocycles. The summed E-state index contributed by atoms with van der Waals surface area (Å²) < 4.78 is 31.9. The molecular formula is C15H25NaO10. The number of aliphatic carboxylic acids is 1. The van der Waals surface area contributed by atoms with Crippen LogP contribution in [0.3, 0.4) is 0 Å². The zero-order valence-electron chi connectivity index (χ0n) is 15.8. The molecule has 10 nitrogen and oxygen atoms in total. The first-order valence-electron chi connectivity index (χ1n) is 7.67. The summed E-state index contributed by atoms with van der Waals surface area (Å²) in [6, 6.07) is 0. The van der Waals surface area contributed by atoms with Gasteiger partial charge in [-0.3, -0.25) is 4.79 Å². The summed E-state index contributed by atoms with van der Waals surface area (Å²) in [5.41, 5.74) is 0. The molecule has 1 aliphatic heterocycles. The van der Waals surface area contributed by atoms with Gasteiger partial charge in [0.25, 0.3) is 0 Å². The minimum atomic E-state index is -1.87. The van der Waals surface area contributed by atoms with Gasteiger partial charge in [-0.15, -0.1) is 0 Å². The van der Waals surface area contributed by atoms with E-state index in [1.54, 1.807) is 13.8 Å². The van der Waals surface area contributed by atoms with Crippen molar-refractivity contribution in [2.45, 2.75) is 50.5 Å². The number of aliphatic hydroxyl groups is 1. The number of hydrogen-bond acceptors (Lipinski definition) is 10. The van der Waals surface area contributed by atoms with Gasteiger partial charge in [-0.05, 0) is 13.8 Å². The zero-order valence-corrected chi connectivity index (χ0v) is 17.8. The van der Waals surface area contributed by atoms with E-state index in [1.165, 1.54) is 14.2 Å². The average Bonchev–Trinajstić information content (AvgIpc) is 2.86. The molecule has 26 heavy (non-hydrogen) atoms. The molecule has 0 aliphatic carbocycles. The fourth-order valence-electron chi connectivity index (χ4n) is 2.43. The number of Topliss-reactive ketones (excluding diaryl/α,β-unsaturated/α-hetero) is 1. The number of carboxylic acids is 1. The Balaban J connectivity index is 0.00000625. The molecule has 0 aromatic heterocycles. The van der Waals surface area contributed by atoms with Crippen LogP contribution in [0.15, 0.2) is 0 Å². The topological polar surface area (TPSA) is 133 Å². The van der Waals surface area contributed by atoms with Crippen molar-refractivity contribution >= 4 is 11.8 Å². The van der Waals surface area contributed by atoms with E-state index in [4.69, 9.17) is 28.4 Å². The van der Waals surface area contributed by atoms with Gasteiger partial charge in [-0.1, -0.05) is 0 Å². The standard InChI is InChI=1S/C15H26O10.Na/c1-15(2)24-12(9(16)5-10(17)14(18)19)13(25-15)11(23-8-21-4)6-22-7-20-3;/h9,11-13,16H,5-8H2,1-4H3,(H,18,19);/q;+1/p-1/t9-,11-,12-,13-;/m0./s1. The fraction of sp³-hybridized carbons (Fsp3) is 0.867. The number of carbonyl (C=O) groups is 2. The van der Waals surface area contributed by atoms with E-state index >= 15 is 0 Å². The van der Waals surface area contributed by atoms with Crippen LogP contribution in [0.25, 0.3) is 0 Å². The van der Waals surface area contributed by atoms with Gasteiger partial charge in [0.05, 0.1) is 12.7 Å². The van der Waals surface area contributed by atoms with Crippen molar-refractivity contribution in [2.24, 2.45) is 0 Å². The normalized spacial score (nSPS) is 23.9. The predicted molar refractivity (Wildman–Crippen MR) is 79.0 cm³/mol. The predicted octanol–water partition coefficient (Wildman–Crippen LogP) is -4.81. The van der Waals surface area contributed by atoms with Crippen molar-refractivity contribution in [1.29, 1.82) is 0 Å². The SMILES string of the molecule is COCOC[C@H](OCOC)[C@@H]1OC(C)(C)O[C@H]1[C@@H](O)CC(=O)C(=O)[O-].[Na+]. The summed E-state index contributed by atoms with van der Waals surface area (Å²) in [7, 11) is 2.90. The van der Waals surface area contributed by atoms with Crippen LogP contribution in [0.4, 0.5) is 0 Å². The zero-order chi connectivity index (χ0) is 19.0. The third-order valence-electron chi connectivity index (χ3n) is 3.41. The van der Waals surface area contributed by atoms with Gasteiger partial charge < -0.3 is 43.4 Å². The maximum Gasteiger partial charge on any atom is 1.00 e. The van der Waals surface area contributed by atoms with E-state index in [-0.39, 0.29) is 49.8 Å². The third kappa shape index (κ3) is 8.26. The quantitative estimate of drug-likeness (QED) is 0.150. The van der Waals surface area contributed by atoms with Gasteiger partial charge in [0, 0.05) is 20.6 Å². The van der Waals surface area contributed by atoms with Crippen LogP contribution in [0.2, 0.25) is 0 Å². The molecule has 1 aliphatic rings. The Morgan fingerprint density at radius 2 is 1.73 bits per heavy atom. The van der Waals surface area contributed by atoms with Gasteiger partial charge >= 0.3 is 29.6 Å². The van der Waals surface area contributed by atoms with Gasteiger partial charge in [0.1, 0.15) is 37.9 Å². The van der Waals surface area contributed by atoms with Gasteiger partial charge in [0.2, 0.25) is 0 Å². The number of ketones is 1. The molecule has 4 atom stereocenters. The number of hydrogen-bond donors (Lipinski definition) is 1. The van der Waals surface area contributed by atoms with Crippen molar-refractivity contribution in [2.75, 3.05) is 34.4 Å².